The van der Waals surface area contributed by atoms with E-state index >= 15 is 0 Å². The number of hydrogen-bond acceptors (Lipinski definition) is 4. The van der Waals surface area contributed by atoms with Gasteiger partial charge in [-0.25, -0.2) is 8.42 Å². The lowest BCUT2D eigenvalue weighted by Crippen LogP contribution is -2.40. The molecule has 0 aliphatic rings. The Labute approximate surface area is 179 Å². The van der Waals surface area contributed by atoms with Gasteiger partial charge < -0.3 is 9.84 Å². The highest BCUT2D eigenvalue weighted by Gasteiger charge is 2.28. The van der Waals surface area contributed by atoms with Gasteiger partial charge >= 0.3 is 0 Å². The van der Waals surface area contributed by atoms with Gasteiger partial charge in [-0.1, -0.05) is 48.0 Å². The monoisotopic (exact) mass is 475 g/mol. The van der Waals surface area contributed by atoms with E-state index in [-0.39, 0.29) is 18.0 Å². The number of halogens is 1. The highest BCUT2D eigenvalue weighted by Crippen LogP contribution is 2.31. The van der Waals surface area contributed by atoms with E-state index in [4.69, 9.17) is 4.74 Å². The maximum Gasteiger partial charge on any atom is 0.264 e. The smallest absolute Gasteiger partial charge is 0.264 e. The second kappa shape index (κ2) is 9.43. The highest BCUT2D eigenvalue weighted by molar-refractivity contribution is 9.10. The number of sulfonamides is 1. The van der Waals surface area contributed by atoms with Crippen LogP contribution in [-0.2, 0) is 10.0 Å². The zero-order chi connectivity index (χ0) is 20.9. The molecule has 1 unspecified atom stereocenters. The number of aliphatic hydroxyl groups is 1. The van der Waals surface area contributed by atoms with Gasteiger partial charge in [-0.2, -0.15) is 0 Å². The summed E-state index contributed by atoms with van der Waals surface area (Å²) in [4.78, 5) is 0.162. The van der Waals surface area contributed by atoms with Crippen molar-refractivity contribution in [1.82, 2.24) is 0 Å². The van der Waals surface area contributed by atoms with Gasteiger partial charge in [0.15, 0.2) is 0 Å². The maximum absolute atomic E-state index is 13.4. The quantitative estimate of drug-likeness (QED) is 0.524. The van der Waals surface area contributed by atoms with Gasteiger partial charge in [0.25, 0.3) is 10.0 Å². The van der Waals surface area contributed by atoms with Crippen LogP contribution in [0.3, 0.4) is 0 Å². The Morgan fingerprint density at radius 1 is 0.966 bits per heavy atom. The number of nitrogens with zero attached hydrogens (tertiary/aromatic N) is 1. The summed E-state index contributed by atoms with van der Waals surface area (Å²) in [6.45, 7) is 1.71. The molecular weight excluding hydrogens is 454 g/mol. The SMILES string of the molecule is Cc1ccc(S(=O)(=O)N(CC(O)COc2ccccc2)c2ccccc2Br)cc1. The van der Waals surface area contributed by atoms with Crippen molar-refractivity contribution in [3.8, 4) is 5.75 Å². The number of aryl methyl sites for hydroxylation is 1. The van der Waals surface area contributed by atoms with E-state index in [0.717, 1.165) is 5.56 Å². The van der Waals surface area contributed by atoms with Gasteiger partial charge in [-0.3, -0.25) is 4.31 Å². The summed E-state index contributed by atoms with van der Waals surface area (Å²) in [5.41, 5.74) is 1.42. The molecule has 0 aromatic heterocycles. The summed E-state index contributed by atoms with van der Waals surface area (Å²) in [6, 6.07) is 22.7. The zero-order valence-corrected chi connectivity index (χ0v) is 18.3. The first-order valence-electron chi connectivity index (χ1n) is 9.08. The molecule has 3 rings (SSSR count). The highest BCUT2D eigenvalue weighted by atomic mass is 79.9. The van der Waals surface area contributed by atoms with Crippen molar-refractivity contribution in [2.24, 2.45) is 0 Å². The van der Waals surface area contributed by atoms with Crippen LogP contribution < -0.4 is 9.04 Å². The summed E-state index contributed by atoms with van der Waals surface area (Å²) in [6.07, 6.45) is -1.03. The molecule has 0 spiro atoms. The molecule has 3 aromatic rings. The molecule has 0 aliphatic carbocycles. The lowest BCUT2D eigenvalue weighted by Gasteiger charge is -2.27. The Balaban J connectivity index is 1.87. The van der Waals surface area contributed by atoms with Gasteiger partial charge in [-0.15, -0.1) is 0 Å². The van der Waals surface area contributed by atoms with Gasteiger partial charge in [0.05, 0.1) is 17.1 Å². The third kappa shape index (κ3) is 5.38. The van der Waals surface area contributed by atoms with E-state index in [1.165, 1.54) is 4.31 Å². The zero-order valence-electron chi connectivity index (χ0n) is 15.9. The first-order valence-corrected chi connectivity index (χ1v) is 11.3. The fourth-order valence-corrected chi connectivity index (χ4v) is 4.91. The van der Waals surface area contributed by atoms with E-state index in [1.54, 1.807) is 60.7 Å². The minimum atomic E-state index is -3.88. The summed E-state index contributed by atoms with van der Waals surface area (Å²) < 4.78 is 34.1. The van der Waals surface area contributed by atoms with Gasteiger partial charge in [0.1, 0.15) is 18.5 Å². The molecule has 0 saturated carbocycles. The third-order valence-corrected chi connectivity index (χ3v) is 6.76. The Hall–Kier alpha value is -2.35. The van der Waals surface area contributed by atoms with Crippen LogP contribution in [-0.4, -0.2) is 32.8 Å². The van der Waals surface area contributed by atoms with Crippen LogP contribution in [0.4, 0.5) is 5.69 Å². The average Bonchev–Trinajstić information content (AvgIpc) is 2.72. The summed E-state index contributed by atoms with van der Waals surface area (Å²) in [5, 5.41) is 10.5. The fraction of sp³-hybridized carbons (Fsp3) is 0.182. The molecule has 0 radical (unpaired) electrons. The maximum atomic E-state index is 13.4. The predicted molar refractivity (Wildman–Crippen MR) is 118 cm³/mol. The summed E-state index contributed by atoms with van der Waals surface area (Å²) >= 11 is 3.42. The number of hydrogen-bond donors (Lipinski definition) is 1. The van der Waals surface area contributed by atoms with Crippen molar-refractivity contribution in [3.63, 3.8) is 0 Å². The molecule has 3 aromatic carbocycles. The Kier molecular flexibility index (Phi) is 6.95. The number of ether oxygens (including phenoxy) is 1. The number of rotatable bonds is 8. The van der Waals surface area contributed by atoms with Gasteiger partial charge in [0, 0.05) is 4.47 Å². The van der Waals surface area contributed by atoms with E-state index in [1.807, 2.05) is 25.1 Å². The van der Waals surface area contributed by atoms with Crippen molar-refractivity contribution < 1.29 is 18.3 Å². The number of benzene rings is 3. The molecule has 7 heteroatoms. The Bertz CT molecular complexity index is 1040. The topological polar surface area (TPSA) is 66.8 Å². The first-order chi connectivity index (χ1) is 13.9. The van der Waals surface area contributed by atoms with Crippen LogP contribution >= 0.6 is 15.9 Å². The molecule has 0 bridgehead atoms. The largest absolute Gasteiger partial charge is 0.491 e. The minimum Gasteiger partial charge on any atom is -0.491 e. The van der Waals surface area contributed by atoms with Crippen LogP contribution in [0.15, 0.2) is 88.2 Å². The van der Waals surface area contributed by atoms with E-state index in [9.17, 15) is 13.5 Å². The van der Waals surface area contributed by atoms with Crippen LogP contribution in [0.2, 0.25) is 0 Å². The van der Waals surface area contributed by atoms with Crippen molar-refractivity contribution >= 4 is 31.6 Å². The van der Waals surface area contributed by atoms with Crippen LogP contribution in [0.5, 0.6) is 5.75 Å². The van der Waals surface area contributed by atoms with Gasteiger partial charge in [0.2, 0.25) is 0 Å². The Morgan fingerprint density at radius 2 is 1.59 bits per heavy atom. The standard InChI is InChI=1S/C22H22BrNO4S/c1-17-11-13-20(14-12-17)29(26,27)24(22-10-6-5-9-21(22)23)15-18(25)16-28-19-7-3-2-4-8-19/h2-14,18,25H,15-16H2,1H3. The lowest BCUT2D eigenvalue weighted by molar-refractivity contribution is 0.115. The molecule has 1 N–H and O–H groups in total. The van der Waals surface area contributed by atoms with Crippen molar-refractivity contribution in [2.45, 2.75) is 17.9 Å². The molecule has 0 aliphatic heterocycles. The van der Waals surface area contributed by atoms with Crippen molar-refractivity contribution in [2.75, 3.05) is 17.5 Å². The number of para-hydroxylation sites is 2. The number of anilines is 1. The first kappa shape index (κ1) is 21.4. The van der Waals surface area contributed by atoms with Gasteiger partial charge in [-0.05, 0) is 59.3 Å². The molecule has 5 nitrogen and oxygen atoms in total. The molecule has 152 valence electrons. The van der Waals surface area contributed by atoms with Crippen LogP contribution in [0.25, 0.3) is 0 Å². The van der Waals surface area contributed by atoms with Crippen LogP contribution in [0, 0.1) is 6.92 Å². The van der Waals surface area contributed by atoms with Crippen molar-refractivity contribution in [3.05, 3.63) is 88.9 Å². The van der Waals surface area contributed by atoms with Crippen LogP contribution in [0.1, 0.15) is 5.56 Å². The second-order valence-corrected chi connectivity index (χ2v) is 9.30. The normalized spacial score (nSPS) is 12.4. The van der Waals surface area contributed by atoms with Crippen molar-refractivity contribution in [1.29, 1.82) is 0 Å². The minimum absolute atomic E-state index is 0.0333. The molecule has 0 saturated heterocycles. The predicted octanol–water partition coefficient (Wildman–Crippen LogP) is 4.39. The molecule has 1 atom stereocenters. The molecule has 0 heterocycles. The molecular formula is C22H22BrNO4S. The van der Waals surface area contributed by atoms with E-state index in [2.05, 4.69) is 15.9 Å². The lowest BCUT2D eigenvalue weighted by atomic mass is 10.2. The summed E-state index contributed by atoms with van der Waals surface area (Å²) in [7, 11) is -3.88. The Morgan fingerprint density at radius 3 is 2.24 bits per heavy atom. The fourth-order valence-electron chi connectivity index (χ4n) is 2.77. The summed E-state index contributed by atoms with van der Waals surface area (Å²) in [5.74, 6) is 0.611. The van der Waals surface area contributed by atoms with E-state index < -0.39 is 16.1 Å². The van der Waals surface area contributed by atoms with E-state index in [0.29, 0.717) is 15.9 Å². The number of aliphatic hydroxyl groups excluding tert-OH is 1. The second-order valence-electron chi connectivity index (χ2n) is 6.58. The molecule has 29 heavy (non-hydrogen) atoms. The average molecular weight is 476 g/mol. The molecule has 0 amide bonds. The molecule has 0 fully saturated rings. The third-order valence-electron chi connectivity index (χ3n) is 4.29.